The molecule has 1 aliphatic rings. The van der Waals surface area contributed by atoms with Crippen molar-refractivity contribution in [3.63, 3.8) is 0 Å². The van der Waals surface area contributed by atoms with Crippen LogP contribution in [0.15, 0.2) is 30.5 Å². The van der Waals surface area contributed by atoms with Crippen LogP contribution in [0.1, 0.15) is 22.5 Å². The van der Waals surface area contributed by atoms with Crippen LogP contribution >= 0.6 is 11.3 Å². The third-order valence-corrected chi connectivity index (χ3v) is 4.64. The van der Waals surface area contributed by atoms with Crippen molar-refractivity contribution in [3.8, 4) is 10.6 Å². The number of rotatable bonds is 3. The maximum absolute atomic E-state index is 13.7. The van der Waals surface area contributed by atoms with Crippen molar-refractivity contribution >= 4 is 23.2 Å². The summed E-state index contributed by atoms with van der Waals surface area (Å²) in [6.07, 6.45) is 2.51. The third-order valence-electron chi connectivity index (χ3n) is 3.62. The fourth-order valence-corrected chi connectivity index (χ4v) is 3.44. The number of hydrogen-bond acceptors (Lipinski definition) is 4. The van der Waals surface area contributed by atoms with Crippen LogP contribution in [0.4, 0.5) is 4.39 Å². The minimum atomic E-state index is -0.996. The largest absolute Gasteiger partial charge is 0.480 e. The topological polar surface area (TPSA) is 70.5 Å². The predicted molar refractivity (Wildman–Crippen MR) is 79.2 cm³/mol. The van der Waals surface area contributed by atoms with Gasteiger partial charge >= 0.3 is 5.97 Å². The maximum Gasteiger partial charge on any atom is 0.326 e. The van der Waals surface area contributed by atoms with Gasteiger partial charge in [0.25, 0.3) is 5.91 Å². The summed E-state index contributed by atoms with van der Waals surface area (Å²) in [6, 6.07) is 5.42. The Labute approximate surface area is 130 Å². The summed E-state index contributed by atoms with van der Waals surface area (Å²) in [5, 5.41) is 9.55. The molecule has 3 rings (SSSR count). The number of halogens is 1. The van der Waals surface area contributed by atoms with Crippen LogP contribution in [-0.2, 0) is 4.79 Å². The van der Waals surface area contributed by atoms with E-state index in [9.17, 15) is 14.0 Å². The summed E-state index contributed by atoms with van der Waals surface area (Å²) in [7, 11) is 0. The highest BCUT2D eigenvalue weighted by Gasteiger charge is 2.35. The van der Waals surface area contributed by atoms with Crippen molar-refractivity contribution in [2.45, 2.75) is 18.9 Å². The molecule has 0 saturated carbocycles. The van der Waals surface area contributed by atoms with Gasteiger partial charge in [0, 0.05) is 12.1 Å². The molecule has 1 atom stereocenters. The normalized spacial score (nSPS) is 17.7. The van der Waals surface area contributed by atoms with Crippen LogP contribution in [0.2, 0.25) is 0 Å². The standard InChI is InChI=1S/C15H13FN2O3S/c16-10-5-2-1-4-9(10)13-17-8-12(22-13)14(19)18-7-3-6-11(18)15(20)21/h1-2,4-5,8,11H,3,6-7H2,(H,20,21)/t11-/m1/s1. The Morgan fingerprint density at radius 1 is 1.36 bits per heavy atom. The van der Waals surface area contributed by atoms with Gasteiger partial charge < -0.3 is 10.0 Å². The molecule has 2 aromatic rings. The molecular formula is C15H13FN2O3S. The lowest BCUT2D eigenvalue weighted by Crippen LogP contribution is -2.40. The predicted octanol–water partition coefficient (Wildman–Crippen LogP) is 2.64. The van der Waals surface area contributed by atoms with Gasteiger partial charge in [-0.05, 0) is 25.0 Å². The van der Waals surface area contributed by atoms with Crippen molar-refractivity contribution in [2.24, 2.45) is 0 Å². The molecule has 0 bridgehead atoms. The van der Waals surface area contributed by atoms with Crippen LogP contribution in [-0.4, -0.2) is 39.5 Å². The molecule has 1 aromatic heterocycles. The van der Waals surface area contributed by atoms with Crippen LogP contribution in [0.3, 0.4) is 0 Å². The average molecular weight is 320 g/mol. The van der Waals surface area contributed by atoms with Gasteiger partial charge in [-0.15, -0.1) is 11.3 Å². The number of amides is 1. The van der Waals surface area contributed by atoms with Crippen LogP contribution in [0.5, 0.6) is 0 Å². The highest BCUT2D eigenvalue weighted by Crippen LogP contribution is 2.29. The molecule has 1 aromatic carbocycles. The Kier molecular flexibility index (Phi) is 3.89. The Hall–Kier alpha value is -2.28. The van der Waals surface area contributed by atoms with Crippen molar-refractivity contribution in [1.82, 2.24) is 9.88 Å². The highest BCUT2D eigenvalue weighted by molar-refractivity contribution is 7.16. The van der Waals surface area contributed by atoms with Gasteiger partial charge in [-0.3, -0.25) is 4.79 Å². The van der Waals surface area contributed by atoms with E-state index >= 15 is 0 Å². The van der Waals surface area contributed by atoms with E-state index in [-0.39, 0.29) is 5.91 Å². The first-order chi connectivity index (χ1) is 10.6. The maximum atomic E-state index is 13.7. The number of aliphatic carboxylic acids is 1. The molecule has 1 N–H and O–H groups in total. The molecule has 0 radical (unpaired) electrons. The molecule has 5 nitrogen and oxygen atoms in total. The van der Waals surface area contributed by atoms with Gasteiger partial charge in [-0.1, -0.05) is 12.1 Å². The molecule has 0 spiro atoms. The first-order valence-electron chi connectivity index (χ1n) is 6.82. The summed E-state index contributed by atoms with van der Waals surface area (Å²) in [6.45, 7) is 0.419. The number of carboxylic acid groups (broad SMARTS) is 1. The SMILES string of the molecule is O=C(O)[C@H]1CCCN1C(=O)c1cnc(-c2ccccc2F)s1. The average Bonchev–Trinajstić information content (AvgIpc) is 3.16. The Bertz CT molecular complexity index is 731. The summed E-state index contributed by atoms with van der Waals surface area (Å²) in [4.78, 5) is 29.4. The fraction of sp³-hybridized carbons (Fsp3) is 0.267. The number of thiazole rings is 1. The molecule has 1 aliphatic heterocycles. The van der Waals surface area contributed by atoms with E-state index in [1.54, 1.807) is 18.2 Å². The van der Waals surface area contributed by atoms with Crippen molar-refractivity contribution in [1.29, 1.82) is 0 Å². The van der Waals surface area contributed by atoms with Gasteiger partial charge in [-0.2, -0.15) is 0 Å². The monoisotopic (exact) mass is 320 g/mol. The number of carboxylic acids is 1. The number of hydrogen-bond donors (Lipinski definition) is 1. The molecule has 0 aliphatic carbocycles. The van der Waals surface area contributed by atoms with Gasteiger partial charge in [0.2, 0.25) is 0 Å². The van der Waals surface area contributed by atoms with Gasteiger partial charge in [0.1, 0.15) is 21.7 Å². The van der Waals surface area contributed by atoms with Crippen LogP contribution < -0.4 is 0 Å². The minimum Gasteiger partial charge on any atom is -0.480 e. The minimum absolute atomic E-state index is 0.325. The summed E-state index contributed by atoms with van der Waals surface area (Å²) in [5.41, 5.74) is 0.336. The Morgan fingerprint density at radius 3 is 2.86 bits per heavy atom. The number of benzene rings is 1. The zero-order valence-corrected chi connectivity index (χ0v) is 12.3. The molecule has 22 heavy (non-hydrogen) atoms. The highest BCUT2D eigenvalue weighted by atomic mass is 32.1. The van der Waals surface area contributed by atoms with Crippen molar-refractivity contribution in [2.75, 3.05) is 6.54 Å². The van der Waals surface area contributed by atoms with Gasteiger partial charge in [0.15, 0.2) is 0 Å². The third kappa shape index (κ3) is 2.59. The second kappa shape index (κ2) is 5.84. The van der Waals surface area contributed by atoms with Crippen LogP contribution in [0, 0.1) is 5.82 Å². The Balaban J connectivity index is 1.86. The molecule has 7 heteroatoms. The molecule has 1 fully saturated rings. The number of carbonyl (C=O) groups is 2. The fourth-order valence-electron chi connectivity index (χ4n) is 2.54. The van der Waals surface area contributed by atoms with Crippen molar-refractivity contribution < 1.29 is 19.1 Å². The van der Waals surface area contributed by atoms with E-state index < -0.39 is 17.8 Å². The Morgan fingerprint density at radius 2 is 2.14 bits per heavy atom. The number of aromatic nitrogens is 1. The second-order valence-corrected chi connectivity index (χ2v) is 6.03. The van der Waals surface area contributed by atoms with Gasteiger partial charge in [0.05, 0.1) is 6.20 Å². The first kappa shape index (κ1) is 14.6. The second-order valence-electron chi connectivity index (χ2n) is 5.00. The quantitative estimate of drug-likeness (QED) is 0.944. The summed E-state index contributed by atoms with van der Waals surface area (Å²) >= 11 is 1.07. The molecule has 2 heterocycles. The molecular weight excluding hydrogens is 307 g/mol. The summed E-state index contributed by atoms with van der Waals surface area (Å²) < 4.78 is 13.7. The van der Waals surface area contributed by atoms with E-state index in [0.717, 1.165) is 11.3 Å². The zero-order valence-electron chi connectivity index (χ0n) is 11.5. The lowest BCUT2D eigenvalue weighted by atomic mass is 10.2. The first-order valence-corrected chi connectivity index (χ1v) is 7.64. The van der Waals surface area contributed by atoms with E-state index in [0.29, 0.717) is 34.8 Å². The van der Waals surface area contributed by atoms with E-state index in [4.69, 9.17) is 5.11 Å². The number of carbonyl (C=O) groups excluding carboxylic acids is 1. The number of nitrogens with zero attached hydrogens (tertiary/aromatic N) is 2. The van der Waals surface area contributed by atoms with Gasteiger partial charge in [-0.25, -0.2) is 14.2 Å². The van der Waals surface area contributed by atoms with Crippen LogP contribution in [0.25, 0.3) is 10.6 Å². The molecule has 1 saturated heterocycles. The molecule has 114 valence electrons. The van der Waals surface area contributed by atoms with E-state index in [1.165, 1.54) is 17.2 Å². The zero-order chi connectivity index (χ0) is 15.7. The van der Waals surface area contributed by atoms with E-state index in [2.05, 4.69) is 4.98 Å². The smallest absolute Gasteiger partial charge is 0.326 e. The number of likely N-dealkylation sites (tertiary alicyclic amines) is 1. The molecule has 1 amide bonds. The van der Waals surface area contributed by atoms with Crippen molar-refractivity contribution in [3.05, 3.63) is 41.2 Å². The lowest BCUT2D eigenvalue weighted by Gasteiger charge is -2.20. The van der Waals surface area contributed by atoms with E-state index in [1.807, 2.05) is 0 Å². The lowest BCUT2D eigenvalue weighted by molar-refractivity contribution is -0.141. The summed E-state index contributed by atoms with van der Waals surface area (Å²) in [5.74, 6) is -1.75. The molecule has 0 unspecified atom stereocenters.